The number of rotatable bonds is 8. The van der Waals surface area contributed by atoms with Gasteiger partial charge >= 0.3 is 0 Å². The van der Waals surface area contributed by atoms with E-state index in [0.29, 0.717) is 22.1 Å². The second-order valence-electron chi connectivity index (χ2n) is 5.72. The van der Waals surface area contributed by atoms with Crippen molar-refractivity contribution in [3.05, 3.63) is 58.1 Å². The number of aryl methyl sites for hydroxylation is 1. The van der Waals surface area contributed by atoms with E-state index in [2.05, 4.69) is 15.9 Å². The van der Waals surface area contributed by atoms with Gasteiger partial charge in [-0.1, -0.05) is 23.8 Å². The standard InChI is InChI=1S/C18H20BrNO5S/c1-13-3-6-16(7-4-13)26(23,24)20(15(11-21)12-22)10-14-5-8-18(25-2)17(19)9-14/h3-9,11,15,22H,10,12H2,1-2H3. The summed E-state index contributed by atoms with van der Waals surface area (Å²) >= 11 is 3.36. The van der Waals surface area contributed by atoms with Crippen molar-refractivity contribution in [2.45, 2.75) is 24.4 Å². The number of hydrogen-bond donors (Lipinski definition) is 1. The highest BCUT2D eigenvalue weighted by Gasteiger charge is 2.31. The van der Waals surface area contributed by atoms with E-state index < -0.39 is 22.7 Å². The van der Waals surface area contributed by atoms with Gasteiger partial charge in [0.05, 0.1) is 23.1 Å². The summed E-state index contributed by atoms with van der Waals surface area (Å²) in [6.07, 6.45) is 0.435. The van der Waals surface area contributed by atoms with E-state index in [1.165, 1.54) is 19.2 Å². The molecule has 2 aromatic carbocycles. The first kappa shape index (κ1) is 20.6. The molecule has 26 heavy (non-hydrogen) atoms. The van der Waals surface area contributed by atoms with Crippen molar-refractivity contribution in [3.63, 3.8) is 0 Å². The number of aliphatic hydroxyl groups excluding tert-OH is 1. The molecule has 0 aromatic heterocycles. The summed E-state index contributed by atoms with van der Waals surface area (Å²) in [6.45, 7) is 1.18. The molecule has 0 aliphatic carbocycles. The predicted octanol–water partition coefficient (Wildman–Crippen LogP) is 2.52. The summed E-state index contributed by atoms with van der Waals surface area (Å²) in [7, 11) is -2.44. The normalized spacial score (nSPS) is 12.8. The molecular formula is C18H20BrNO5S. The van der Waals surface area contributed by atoms with Gasteiger partial charge in [-0.2, -0.15) is 4.31 Å². The summed E-state index contributed by atoms with van der Waals surface area (Å²) in [6, 6.07) is 10.3. The molecular weight excluding hydrogens is 422 g/mol. The Bertz CT molecular complexity index is 868. The van der Waals surface area contributed by atoms with E-state index in [-0.39, 0.29) is 11.4 Å². The molecule has 1 unspecified atom stereocenters. The van der Waals surface area contributed by atoms with Crippen LogP contribution in [0, 0.1) is 6.92 Å². The van der Waals surface area contributed by atoms with Crippen LogP contribution in [0.1, 0.15) is 11.1 Å². The topological polar surface area (TPSA) is 83.9 Å². The largest absolute Gasteiger partial charge is 0.496 e. The van der Waals surface area contributed by atoms with Crippen molar-refractivity contribution >= 4 is 32.2 Å². The maximum atomic E-state index is 13.0. The van der Waals surface area contributed by atoms with Crippen LogP contribution in [0.25, 0.3) is 0 Å². The van der Waals surface area contributed by atoms with Gasteiger partial charge in [0.15, 0.2) is 0 Å². The highest BCUT2D eigenvalue weighted by atomic mass is 79.9. The molecule has 2 rings (SSSR count). The van der Waals surface area contributed by atoms with Crippen LogP contribution in [-0.4, -0.2) is 43.9 Å². The van der Waals surface area contributed by atoms with Gasteiger partial charge in [0.25, 0.3) is 0 Å². The van der Waals surface area contributed by atoms with Crippen molar-refractivity contribution < 1.29 is 23.1 Å². The fourth-order valence-electron chi connectivity index (χ4n) is 2.42. The smallest absolute Gasteiger partial charge is 0.244 e. The van der Waals surface area contributed by atoms with Gasteiger partial charge in [0, 0.05) is 6.54 Å². The average Bonchev–Trinajstić information content (AvgIpc) is 2.62. The molecule has 140 valence electrons. The van der Waals surface area contributed by atoms with Crippen LogP contribution in [0.4, 0.5) is 0 Å². The first-order chi connectivity index (χ1) is 12.3. The number of aliphatic hydroxyl groups is 1. The molecule has 0 saturated carbocycles. The van der Waals surface area contributed by atoms with E-state index in [1.54, 1.807) is 30.3 Å². The van der Waals surface area contributed by atoms with Crippen LogP contribution in [0.5, 0.6) is 5.75 Å². The number of halogens is 1. The Hall–Kier alpha value is -1.74. The minimum atomic E-state index is -3.97. The third-order valence-electron chi connectivity index (χ3n) is 3.90. The molecule has 0 amide bonds. The maximum absolute atomic E-state index is 13.0. The molecule has 2 aromatic rings. The Labute approximate surface area is 161 Å². The van der Waals surface area contributed by atoms with E-state index >= 15 is 0 Å². The number of methoxy groups -OCH3 is 1. The van der Waals surface area contributed by atoms with Crippen LogP contribution >= 0.6 is 15.9 Å². The summed E-state index contributed by atoms with van der Waals surface area (Å²) in [5.74, 6) is 0.607. The summed E-state index contributed by atoms with van der Waals surface area (Å²) < 4.78 is 32.9. The summed E-state index contributed by atoms with van der Waals surface area (Å²) in [4.78, 5) is 11.4. The van der Waals surface area contributed by atoms with Crippen LogP contribution < -0.4 is 4.74 Å². The van der Waals surface area contributed by atoms with Crippen molar-refractivity contribution in [1.29, 1.82) is 0 Å². The monoisotopic (exact) mass is 441 g/mol. The van der Waals surface area contributed by atoms with Crippen molar-refractivity contribution in [2.24, 2.45) is 0 Å². The van der Waals surface area contributed by atoms with Gasteiger partial charge in [0.2, 0.25) is 10.0 Å². The quantitative estimate of drug-likeness (QED) is 0.636. The molecule has 0 bridgehead atoms. The zero-order valence-electron chi connectivity index (χ0n) is 14.4. The molecule has 6 nitrogen and oxygen atoms in total. The van der Waals surface area contributed by atoms with Gasteiger partial charge in [-0.25, -0.2) is 8.42 Å². The lowest BCUT2D eigenvalue weighted by Crippen LogP contribution is -2.43. The van der Waals surface area contributed by atoms with E-state index in [1.807, 2.05) is 6.92 Å². The first-order valence-corrected chi connectivity index (χ1v) is 10.0. The van der Waals surface area contributed by atoms with E-state index in [9.17, 15) is 18.3 Å². The fraction of sp³-hybridized carbons (Fsp3) is 0.278. The number of carbonyl (C=O) groups excluding carboxylic acids is 1. The fourth-order valence-corrected chi connectivity index (χ4v) is 4.55. The maximum Gasteiger partial charge on any atom is 0.244 e. The minimum absolute atomic E-state index is 0.0657. The van der Waals surface area contributed by atoms with Crippen LogP contribution in [0.3, 0.4) is 0 Å². The first-order valence-electron chi connectivity index (χ1n) is 7.80. The van der Waals surface area contributed by atoms with Crippen LogP contribution in [0.15, 0.2) is 51.8 Å². The Morgan fingerprint density at radius 3 is 2.38 bits per heavy atom. The molecule has 8 heteroatoms. The lowest BCUT2D eigenvalue weighted by Gasteiger charge is -2.26. The number of nitrogens with zero attached hydrogens (tertiary/aromatic N) is 1. The number of aldehydes is 1. The third kappa shape index (κ3) is 4.50. The predicted molar refractivity (Wildman–Crippen MR) is 102 cm³/mol. The van der Waals surface area contributed by atoms with Crippen molar-refractivity contribution in [1.82, 2.24) is 4.31 Å². The average molecular weight is 442 g/mol. The molecule has 0 saturated heterocycles. The second kappa shape index (κ2) is 8.77. The molecule has 0 spiro atoms. The zero-order valence-corrected chi connectivity index (χ0v) is 16.8. The van der Waals surface area contributed by atoms with E-state index in [0.717, 1.165) is 9.87 Å². The molecule has 0 radical (unpaired) electrons. The number of ether oxygens (including phenoxy) is 1. The van der Waals surface area contributed by atoms with Gasteiger partial charge < -0.3 is 14.6 Å². The van der Waals surface area contributed by atoms with Gasteiger partial charge in [0.1, 0.15) is 18.1 Å². The Morgan fingerprint density at radius 2 is 1.88 bits per heavy atom. The third-order valence-corrected chi connectivity index (χ3v) is 6.40. The molecule has 0 fully saturated rings. The zero-order chi connectivity index (χ0) is 19.3. The Kier molecular flexibility index (Phi) is 6.94. The van der Waals surface area contributed by atoms with E-state index in [4.69, 9.17) is 4.74 Å². The number of benzene rings is 2. The molecule has 0 aliphatic rings. The highest BCUT2D eigenvalue weighted by Crippen LogP contribution is 2.28. The minimum Gasteiger partial charge on any atom is -0.496 e. The van der Waals surface area contributed by atoms with Gasteiger partial charge in [-0.15, -0.1) is 0 Å². The lowest BCUT2D eigenvalue weighted by molar-refractivity contribution is -0.112. The molecule has 0 heterocycles. The van der Waals surface area contributed by atoms with Gasteiger partial charge in [-0.05, 0) is 52.7 Å². The number of carbonyl (C=O) groups is 1. The molecule has 1 atom stereocenters. The summed E-state index contributed by atoms with van der Waals surface area (Å²) in [5.41, 5.74) is 1.57. The Morgan fingerprint density at radius 1 is 1.23 bits per heavy atom. The highest BCUT2D eigenvalue weighted by molar-refractivity contribution is 9.10. The Balaban J connectivity index is 2.44. The molecule has 1 N–H and O–H groups in total. The van der Waals surface area contributed by atoms with Crippen LogP contribution in [-0.2, 0) is 21.4 Å². The number of hydrogen-bond acceptors (Lipinski definition) is 5. The van der Waals surface area contributed by atoms with Gasteiger partial charge in [-0.3, -0.25) is 0 Å². The molecule has 0 aliphatic heterocycles. The summed E-state index contributed by atoms with van der Waals surface area (Å²) in [5, 5.41) is 9.50. The SMILES string of the molecule is COc1ccc(CN(C(C=O)CO)S(=O)(=O)c2ccc(C)cc2)cc1Br. The van der Waals surface area contributed by atoms with Crippen LogP contribution in [0.2, 0.25) is 0 Å². The van der Waals surface area contributed by atoms with Crippen molar-refractivity contribution in [2.75, 3.05) is 13.7 Å². The second-order valence-corrected chi connectivity index (χ2v) is 8.46. The lowest BCUT2D eigenvalue weighted by atomic mass is 10.2. The van der Waals surface area contributed by atoms with Crippen molar-refractivity contribution in [3.8, 4) is 5.75 Å². The number of sulfonamides is 1.